The minimum atomic E-state index is -1.74. The molecule has 130 valence electrons. The molecule has 0 bridgehead atoms. The zero-order valence-corrected chi connectivity index (χ0v) is 12.0. The molecule has 0 radical (unpaired) electrons. The predicted octanol–water partition coefficient (Wildman–Crippen LogP) is -4.56. The second-order valence-electron chi connectivity index (χ2n) is 5.24. The minimum Gasteiger partial charge on any atom is -0.394 e. The average molecular weight is 325 g/mol. The first-order chi connectivity index (χ1) is 10.2. The maximum atomic E-state index is 10.8. The smallest absolute Gasteiger partial charge is 0.187 e. The number of hydrogen-bond donors (Lipinski definition) is 7. The van der Waals surface area contributed by atoms with Gasteiger partial charge in [0.1, 0.15) is 42.9 Å². The lowest BCUT2D eigenvalue weighted by Crippen LogP contribution is -2.61. The van der Waals surface area contributed by atoms with Crippen LogP contribution in [0.25, 0.3) is 0 Å². The molecule has 1 rings (SSSR count). The summed E-state index contributed by atoms with van der Waals surface area (Å²) in [6, 6.07) is -1.38. The second-order valence-corrected chi connectivity index (χ2v) is 5.24. The summed E-state index contributed by atoms with van der Waals surface area (Å²) in [5.74, 6) is 0. The highest BCUT2D eigenvalue weighted by Crippen LogP contribution is 2.24. The van der Waals surface area contributed by atoms with Gasteiger partial charge in [0.05, 0.1) is 18.8 Å². The lowest BCUT2D eigenvalue weighted by Gasteiger charge is -2.41. The molecule has 0 unspecified atom stereocenters. The monoisotopic (exact) mass is 325 g/mol. The van der Waals surface area contributed by atoms with Gasteiger partial charge in [0, 0.05) is 0 Å². The van der Waals surface area contributed by atoms with Crippen LogP contribution >= 0.6 is 0 Å². The van der Waals surface area contributed by atoms with Gasteiger partial charge in [-0.3, -0.25) is 0 Å². The van der Waals surface area contributed by atoms with Crippen molar-refractivity contribution >= 4 is 6.29 Å². The van der Waals surface area contributed by atoms with Crippen molar-refractivity contribution < 1.29 is 44.9 Å². The van der Waals surface area contributed by atoms with Crippen LogP contribution in [0.15, 0.2) is 0 Å². The highest BCUT2D eigenvalue weighted by Gasteiger charge is 2.45. The fourth-order valence-electron chi connectivity index (χ4n) is 2.08. The van der Waals surface area contributed by atoms with Gasteiger partial charge in [-0.05, 0) is 6.92 Å². The number of aliphatic hydroxyl groups is 6. The molecule has 0 spiro atoms. The van der Waals surface area contributed by atoms with E-state index in [1.807, 2.05) is 0 Å². The van der Waals surface area contributed by atoms with Crippen LogP contribution in [0.2, 0.25) is 0 Å². The zero-order chi connectivity index (χ0) is 17.0. The lowest BCUT2D eigenvalue weighted by atomic mass is 9.99. The Bertz CT molecular complexity index is 357. The Labute approximate surface area is 126 Å². The van der Waals surface area contributed by atoms with E-state index in [2.05, 4.69) is 0 Å². The first kappa shape index (κ1) is 19.4. The van der Waals surface area contributed by atoms with E-state index >= 15 is 0 Å². The Balaban J connectivity index is 2.87. The highest BCUT2D eigenvalue weighted by molar-refractivity contribution is 5.58. The molecule has 1 fully saturated rings. The molecule has 0 aromatic carbocycles. The van der Waals surface area contributed by atoms with E-state index in [0.717, 1.165) is 0 Å². The molecular formula is C12H23NO9. The van der Waals surface area contributed by atoms with Crippen LogP contribution in [-0.2, 0) is 14.3 Å². The van der Waals surface area contributed by atoms with Crippen LogP contribution in [0, 0.1) is 0 Å². The van der Waals surface area contributed by atoms with Gasteiger partial charge in [0.25, 0.3) is 0 Å². The van der Waals surface area contributed by atoms with E-state index in [-0.39, 0.29) is 6.29 Å². The third kappa shape index (κ3) is 4.19. The highest BCUT2D eigenvalue weighted by atomic mass is 16.7. The first-order valence-electron chi connectivity index (χ1n) is 6.77. The van der Waals surface area contributed by atoms with Crippen molar-refractivity contribution in [3.63, 3.8) is 0 Å². The molecular weight excluding hydrogens is 302 g/mol. The lowest BCUT2D eigenvalue weighted by molar-refractivity contribution is -0.313. The van der Waals surface area contributed by atoms with Crippen LogP contribution in [0.1, 0.15) is 6.92 Å². The van der Waals surface area contributed by atoms with Crippen molar-refractivity contribution in [2.45, 2.75) is 62.0 Å². The van der Waals surface area contributed by atoms with E-state index in [1.54, 1.807) is 0 Å². The molecule has 0 aromatic heterocycles. The summed E-state index contributed by atoms with van der Waals surface area (Å²) < 4.78 is 10.4. The fourth-order valence-corrected chi connectivity index (χ4v) is 2.08. The zero-order valence-electron chi connectivity index (χ0n) is 12.0. The van der Waals surface area contributed by atoms with Gasteiger partial charge in [0.2, 0.25) is 0 Å². The summed E-state index contributed by atoms with van der Waals surface area (Å²) in [7, 11) is 0. The molecule has 9 atom stereocenters. The number of aldehydes is 1. The summed E-state index contributed by atoms with van der Waals surface area (Å²) in [6.07, 6.45) is -11.6. The standard InChI is InChI=1S/C12H23NO9/c1-4-7(17)9(19)10(20)12(21-4)22-11(5(13)2-14)8(18)6(16)3-15/h2,4-12,15-20H,3,13H2,1H3/t4-,5+,6-,7+,8-,9+,10-,11-,12-/m1/s1. The van der Waals surface area contributed by atoms with Crippen LogP contribution < -0.4 is 5.73 Å². The fraction of sp³-hybridized carbons (Fsp3) is 0.917. The average Bonchev–Trinajstić information content (AvgIpc) is 2.52. The second kappa shape index (κ2) is 8.24. The quantitative estimate of drug-likeness (QED) is 0.225. The van der Waals surface area contributed by atoms with Crippen LogP contribution in [-0.4, -0.2) is 98.6 Å². The van der Waals surface area contributed by atoms with Crippen molar-refractivity contribution in [2.24, 2.45) is 5.73 Å². The summed E-state index contributed by atoms with van der Waals surface area (Å²) >= 11 is 0. The summed E-state index contributed by atoms with van der Waals surface area (Å²) in [5, 5.41) is 57.2. The molecule has 0 amide bonds. The topological polar surface area (TPSA) is 183 Å². The third-order valence-electron chi connectivity index (χ3n) is 3.55. The van der Waals surface area contributed by atoms with E-state index in [1.165, 1.54) is 6.92 Å². The molecule has 1 aliphatic heterocycles. The van der Waals surface area contributed by atoms with E-state index < -0.39 is 61.7 Å². The van der Waals surface area contributed by atoms with Gasteiger partial charge < -0.3 is 50.6 Å². The third-order valence-corrected chi connectivity index (χ3v) is 3.55. The van der Waals surface area contributed by atoms with Crippen molar-refractivity contribution in [3.05, 3.63) is 0 Å². The predicted molar refractivity (Wildman–Crippen MR) is 70.4 cm³/mol. The van der Waals surface area contributed by atoms with Crippen molar-refractivity contribution in [1.29, 1.82) is 0 Å². The maximum Gasteiger partial charge on any atom is 0.187 e. The van der Waals surface area contributed by atoms with Crippen LogP contribution in [0.5, 0.6) is 0 Å². The minimum absolute atomic E-state index is 0.252. The molecule has 22 heavy (non-hydrogen) atoms. The number of aliphatic hydroxyl groups excluding tert-OH is 6. The van der Waals surface area contributed by atoms with E-state index in [0.29, 0.717) is 0 Å². The molecule has 1 aliphatic rings. The SMILES string of the molecule is C[C@H]1O[C@H](O[C@@H]([C@H](O)[C@H](O)CO)[C@@H](N)C=O)[C@H](O)[C@@H](O)[C@H]1O. The van der Waals surface area contributed by atoms with Gasteiger partial charge in [0.15, 0.2) is 6.29 Å². The molecule has 0 saturated carbocycles. The Hall–Kier alpha value is -0.690. The van der Waals surface area contributed by atoms with Crippen LogP contribution in [0.3, 0.4) is 0 Å². The summed E-state index contributed by atoms with van der Waals surface area (Å²) in [6.45, 7) is 0.613. The molecule has 1 saturated heterocycles. The van der Waals surface area contributed by atoms with Gasteiger partial charge in [-0.1, -0.05) is 0 Å². The summed E-state index contributed by atoms with van der Waals surface area (Å²) in [5.41, 5.74) is 5.47. The maximum absolute atomic E-state index is 10.8. The van der Waals surface area contributed by atoms with Gasteiger partial charge in [-0.2, -0.15) is 0 Å². The number of carbonyl (C=O) groups excluding carboxylic acids is 1. The van der Waals surface area contributed by atoms with E-state index in [9.17, 15) is 30.3 Å². The number of carbonyl (C=O) groups is 1. The Morgan fingerprint density at radius 3 is 2.32 bits per heavy atom. The largest absolute Gasteiger partial charge is 0.394 e. The van der Waals surface area contributed by atoms with Crippen LogP contribution in [0.4, 0.5) is 0 Å². The normalized spacial score (nSPS) is 38.1. The van der Waals surface area contributed by atoms with Gasteiger partial charge in [-0.15, -0.1) is 0 Å². The van der Waals surface area contributed by atoms with Crippen molar-refractivity contribution in [2.75, 3.05) is 6.61 Å². The summed E-state index contributed by atoms with van der Waals surface area (Å²) in [4.78, 5) is 10.8. The number of rotatable bonds is 7. The van der Waals surface area contributed by atoms with Gasteiger partial charge in [-0.25, -0.2) is 0 Å². The van der Waals surface area contributed by atoms with E-state index in [4.69, 9.17) is 20.3 Å². The Kier molecular flexibility index (Phi) is 7.25. The molecule has 1 heterocycles. The molecule has 0 aromatic rings. The Morgan fingerprint density at radius 1 is 1.23 bits per heavy atom. The van der Waals surface area contributed by atoms with Crippen molar-refractivity contribution in [1.82, 2.24) is 0 Å². The van der Waals surface area contributed by atoms with Gasteiger partial charge >= 0.3 is 0 Å². The Morgan fingerprint density at radius 2 is 1.82 bits per heavy atom. The molecule has 10 heteroatoms. The molecule has 0 aliphatic carbocycles. The first-order valence-corrected chi connectivity index (χ1v) is 6.77. The number of hydrogen-bond acceptors (Lipinski definition) is 10. The number of nitrogens with two attached hydrogens (primary N) is 1. The molecule has 10 nitrogen and oxygen atoms in total. The van der Waals surface area contributed by atoms with Crippen molar-refractivity contribution in [3.8, 4) is 0 Å². The molecule has 8 N–H and O–H groups in total. The number of ether oxygens (including phenoxy) is 2.